The fourth-order valence-electron chi connectivity index (χ4n) is 2.10. The van der Waals surface area contributed by atoms with Crippen LogP contribution in [0, 0.1) is 0 Å². The lowest BCUT2D eigenvalue weighted by Crippen LogP contribution is -2.34. The molecular weight excluding hydrogens is 251 g/mol. The van der Waals surface area contributed by atoms with Crippen molar-refractivity contribution in [2.45, 2.75) is 12.1 Å². The molecule has 2 nitrogen and oxygen atoms in total. The molecule has 0 spiro atoms. The van der Waals surface area contributed by atoms with Crippen LogP contribution in [-0.2, 0) is 0 Å². The van der Waals surface area contributed by atoms with Crippen LogP contribution in [0.3, 0.4) is 0 Å². The predicted octanol–water partition coefficient (Wildman–Crippen LogP) is 2.79. The molecule has 0 amide bonds. The lowest BCUT2D eigenvalue weighted by atomic mass is 10.4. The van der Waals surface area contributed by atoms with Crippen molar-refractivity contribution in [3.8, 4) is 0 Å². The van der Waals surface area contributed by atoms with Crippen molar-refractivity contribution < 1.29 is 0 Å². The first-order chi connectivity index (χ1) is 9.42. The minimum Gasteiger partial charge on any atom is -0.270 e. The van der Waals surface area contributed by atoms with Gasteiger partial charge in [0, 0.05) is 17.4 Å². The lowest BCUT2D eigenvalue weighted by molar-refractivity contribution is 0.875. The van der Waals surface area contributed by atoms with E-state index in [1.54, 1.807) is 0 Å². The fourth-order valence-corrected chi connectivity index (χ4v) is 3.88. The second-order valence-corrected chi connectivity index (χ2v) is 6.22. The highest BCUT2D eigenvalue weighted by molar-refractivity contribution is 7.61. The molecule has 0 saturated heterocycles. The van der Waals surface area contributed by atoms with Crippen molar-refractivity contribution in [3.63, 3.8) is 0 Å². The van der Waals surface area contributed by atoms with Crippen LogP contribution in [0.15, 0.2) is 78.9 Å². The minimum absolute atomic E-state index is 0.327. The van der Waals surface area contributed by atoms with Crippen LogP contribution in [0.4, 0.5) is 0 Å². The summed E-state index contributed by atoms with van der Waals surface area (Å²) in [7, 11) is -0.583. The van der Waals surface area contributed by atoms with Crippen LogP contribution < -0.4 is 15.5 Å². The molecule has 0 saturated carbocycles. The maximum Gasteiger partial charge on any atom is 0.0683 e. The number of allylic oxidation sites excluding steroid dienone is 4. The third-order valence-corrected chi connectivity index (χ3v) is 4.99. The molecule has 2 aliphatic carbocycles. The molecule has 0 aromatic heterocycles. The van der Waals surface area contributed by atoms with Crippen molar-refractivity contribution >= 4 is 13.5 Å². The van der Waals surface area contributed by atoms with E-state index in [4.69, 9.17) is 0 Å². The van der Waals surface area contributed by atoms with Gasteiger partial charge in [-0.2, -0.15) is 0 Å². The lowest BCUT2D eigenvalue weighted by Gasteiger charge is -2.25. The molecule has 3 rings (SSSR count). The number of hydrogen-bond acceptors (Lipinski definition) is 2. The van der Waals surface area contributed by atoms with E-state index in [2.05, 4.69) is 89.1 Å². The fraction of sp³-hybridized carbons (Fsp3) is 0.125. The van der Waals surface area contributed by atoms with E-state index in [0.29, 0.717) is 12.1 Å². The average molecular weight is 268 g/mol. The van der Waals surface area contributed by atoms with Gasteiger partial charge in [-0.05, 0) is 0 Å². The molecular formula is C16H17N2P. The van der Waals surface area contributed by atoms with Crippen LogP contribution >= 0.6 is 8.22 Å². The van der Waals surface area contributed by atoms with Crippen molar-refractivity contribution in [2.75, 3.05) is 0 Å². The van der Waals surface area contributed by atoms with Gasteiger partial charge in [0.2, 0.25) is 0 Å². The molecule has 0 radical (unpaired) electrons. The van der Waals surface area contributed by atoms with Crippen molar-refractivity contribution in [1.29, 1.82) is 0 Å². The highest BCUT2D eigenvalue weighted by atomic mass is 31.1. The van der Waals surface area contributed by atoms with Gasteiger partial charge < -0.3 is 0 Å². The van der Waals surface area contributed by atoms with Gasteiger partial charge in [0.25, 0.3) is 0 Å². The van der Waals surface area contributed by atoms with E-state index < -0.39 is 8.22 Å². The summed E-state index contributed by atoms with van der Waals surface area (Å²) in [6, 6.07) is 11.2. The standard InChI is InChI=1S/C16H17N2P/c1-2-12-16(13-3-1)19(17-14-8-4-5-9-14)18-15-10-6-7-11-15/h1-15,17-18H. The first-order valence-corrected chi connectivity index (χ1v) is 7.83. The van der Waals surface area contributed by atoms with Crippen molar-refractivity contribution in [3.05, 3.63) is 78.9 Å². The van der Waals surface area contributed by atoms with Gasteiger partial charge >= 0.3 is 0 Å². The van der Waals surface area contributed by atoms with Gasteiger partial charge in [0.15, 0.2) is 0 Å². The molecule has 19 heavy (non-hydrogen) atoms. The predicted molar refractivity (Wildman–Crippen MR) is 83.4 cm³/mol. The summed E-state index contributed by atoms with van der Waals surface area (Å²) in [6.45, 7) is 0. The number of nitrogens with one attached hydrogen (secondary N) is 2. The molecule has 0 bridgehead atoms. The largest absolute Gasteiger partial charge is 0.270 e. The summed E-state index contributed by atoms with van der Waals surface area (Å²) in [5.41, 5.74) is 0. The number of rotatable bonds is 5. The molecule has 0 aliphatic heterocycles. The Bertz CT molecular complexity index is 477. The molecule has 3 heteroatoms. The van der Waals surface area contributed by atoms with E-state index in [1.165, 1.54) is 5.30 Å². The Labute approximate surface area is 115 Å². The smallest absolute Gasteiger partial charge is 0.0683 e. The van der Waals surface area contributed by atoms with E-state index in [1.807, 2.05) is 0 Å². The summed E-state index contributed by atoms with van der Waals surface area (Å²) < 4.78 is 0. The number of benzene rings is 1. The normalized spacial score (nSPS) is 18.2. The van der Waals surface area contributed by atoms with Gasteiger partial charge in [0.05, 0.1) is 8.22 Å². The van der Waals surface area contributed by atoms with Crippen LogP contribution in [0.5, 0.6) is 0 Å². The van der Waals surface area contributed by atoms with Crippen molar-refractivity contribution in [2.24, 2.45) is 0 Å². The van der Waals surface area contributed by atoms with Gasteiger partial charge in [-0.3, -0.25) is 10.2 Å². The maximum absolute atomic E-state index is 3.67. The molecule has 0 fully saturated rings. The Morgan fingerprint density at radius 3 is 1.63 bits per heavy atom. The Kier molecular flexibility index (Phi) is 4.04. The first-order valence-electron chi connectivity index (χ1n) is 6.49. The SMILES string of the molecule is C1=CC(NP(NC2C=CC=C2)c2ccccc2)C=C1. The molecule has 1 aromatic rings. The molecule has 1 aromatic carbocycles. The summed E-state index contributed by atoms with van der Waals surface area (Å²) >= 11 is 0. The topological polar surface area (TPSA) is 24.1 Å². The average Bonchev–Trinajstić information content (AvgIpc) is 3.12. The van der Waals surface area contributed by atoms with E-state index >= 15 is 0 Å². The molecule has 2 aliphatic rings. The summed E-state index contributed by atoms with van der Waals surface area (Å²) in [4.78, 5) is 0. The second kappa shape index (κ2) is 6.12. The highest BCUT2D eigenvalue weighted by Crippen LogP contribution is 2.28. The van der Waals surface area contributed by atoms with Crippen molar-refractivity contribution in [1.82, 2.24) is 10.2 Å². The summed E-state index contributed by atoms with van der Waals surface area (Å²) in [5, 5.41) is 8.66. The highest BCUT2D eigenvalue weighted by Gasteiger charge is 2.17. The van der Waals surface area contributed by atoms with Gasteiger partial charge in [0.1, 0.15) is 0 Å². The maximum atomic E-state index is 3.67. The Morgan fingerprint density at radius 1 is 0.684 bits per heavy atom. The molecule has 2 N–H and O–H groups in total. The third-order valence-electron chi connectivity index (χ3n) is 3.07. The van der Waals surface area contributed by atoms with Gasteiger partial charge in [-0.1, -0.05) is 78.9 Å². The molecule has 0 unspecified atom stereocenters. The first kappa shape index (κ1) is 12.6. The monoisotopic (exact) mass is 268 g/mol. The van der Waals surface area contributed by atoms with E-state index in [9.17, 15) is 0 Å². The molecule has 96 valence electrons. The van der Waals surface area contributed by atoms with E-state index in [-0.39, 0.29) is 0 Å². The quantitative estimate of drug-likeness (QED) is 0.802. The zero-order chi connectivity index (χ0) is 12.9. The molecule has 0 atom stereocenters. The molecule has 0 heterocycles. The third kappa shape index (κ3) is 3.30. The van der Waals surface area contributed by atoms with Crippen LogP contribution in [0.2, 0.25) is 0 Å². The Morgan fingerprint density at radius 2 is 1.16 bits per heavy atom. The minimum atomic E-state index is -0.583. The van der Waals surface area contributed by atoms with Crippen LogP contribution in [-0.4, -0.2) is 12.1 Å². The van der Waals surface area contributed by atoms with E-state index in [0.717, 1.165) is 0 Å². The Balaban J connectivity index is 1.74. The number of hydrogen-bond donors (Lipinski definition) is 2. The Hall–Kier alpha value is -1.47. The summed E-state index contributed by atoms with van der Waals surface area (Å²) in [5.74, 6) is 0. The summed E-state index contributed by atoms with van der Waals surface area (Å²) in [6.07, 6.45) is 17.1. The van der Waals surface area contributed by atoms with Crippen LogP contribution in [0.1, 0.15) is 0 Å². The van der Waals surface area contributed by atoms with Crippen LogP contribution in [0.25, 0.3) is 0 Å². The zero-order valence-electron chi connectivity index (χ0n) is 10.6. The van der Waals surface area contributed by atoms with Gasteiger partial charge in [-0.15, -0.1) is 0 Å². The zero-order valence-corrected chi connectivity index (χ0v) is 11.5. The van der Waals surface area contributed by atoms with Gasteiger partial charge in [-0.25, -0.2) is 0 Å². The second-order valence-electron chi connectivity index (χ2n) is 4.52.